The zero-order chi connectivity index (χ0) is 36.4. The number of nitrogens with zero attached hydrogens (tertiary/aromatic N) is 1. The van der Waals surface area contributed by atoms with E-state index in [2.05, 4.69) is 80.7 Å². The molecule has 0 aliphatic rings. The highest BCUT2D eigenvalue weighted by Crippen LogP contribution is 2.09. The molecule has 2 atom stereocenters. The molecular weight excluding hydrogens is 618 g/mol. The third-order valence-corrected chi connectivity index (χ3v) is 7.01. The maximum absolute atomic E-state index is 12.6. The lowest BCUT2D eigenvalue weighted by atomic mass is 10.1. The average molecular weight is 682 g/mol. The molecule has 0 amide bonds. The van der Waals surface area contributed by atoms with Crippen LogP contribution < -0.4 is 5.11 Å². The molecule has 0 heterocycles. The molecule has 0 fully saturated rings. The number of hydrogen-bond acceptors (Lipinski definition) is 7. The van der Waals surface area contributed by atoms with Gasteiger partial charge in [-0.1, -0.05) is 111 Å². The summed E-state index contributed by atoms with van der Waals surface area (Å²) in [5.41, 5.74) is 0. The van der Waals surface area contributed by atoms with E-state index in [9.17, 15) is 19.5 Å². The number of aliphatic carboxylic acids is 1. The molecular formula is C41H63NO7. The SMILES string of the molecule is CC/C=C/C/C=C/C/C=C/C/C=C/C/C=C/CCC(=O)OC(COCCC(C(=O)[O-])[N+](C)(C)C)COC(=O)C/C=C/C/C=C/C/C=C/CC. The minimum atomic E-state index is -1.15. The summed E-state index contributed by atoms with van der Waals surface area (Å²) in [6.07, 6.45) is 40.7. The number of carboxylic acids is 1. The standard InChI is InChI=1S/C41H63NO7/c1-6-8-10-12-14-16-17-18-19-20-21-22-24-26-28-30-32-40(44)49-37(35-47-34-33-38(41(45)46)42(3,4)5)36-48-39(43)31-29-27-25-23-15-13-11-9-7-2/h8-11,14-16,18-19,21-23,26-29,37-38H,6-7,12-13,17,20,24-25,30-36H2,1-5H3/b10-8+,11-9+,16-14+,19-18+,22-21+,23-15+,28-26+,29-27+. The second kappa shape index (κ2) is 31.5. The first kappa shape index (κ1) is 45.2. The fourth-order valence-corrected chi connectivity index (χ4v) is 4.29. The number of esters is 2. The van der Waals surface area contributed by atoms with Crippen LogP contribution >= 0.6 is 0 Å². The normalized spacial score (nSPS) is 14.2. The molecule has 0 aromatic rings. The van der Waals surface area contributed by atoms with E-state index in [4.69, 9.17) is 14.2 Å². The minimum absolute atomic E-state index is 0.0231. The Balaban J connectivity index is 4.69. The second-order valence-electron chi connectivity index (χ2n) is 12.4. The Bertz CT molecular complexity index is 1120. The molecule has 274 valence electrons. The van der Waals surface area contributed by atoms with Gasteiger partial charge in [0.15, 0.2) is 6.10 Å². The van der Waals surface area contributed by atoms with Crippen LogP contribution in [0.4, 0.5) is 0 Å². The van der Waals surface area contributed by atoms with Crippen molar-refractivity contribution in [3.63, 3.8) is 0 Å². The van der Waals surface area contributed by atoms with E-state index >= 15 is 0 Å². The molecule has 0 rings (SSSR count). The predicted octanol–water partition coefficient (Wildman–Crippen LogP) is 7.45. The van der Waals surface area contributed by atoms with E-state index in [1.165, 1.54) is 0 Å². The summed E-state index contributed by atoms with van der Waals surface area (Å²) in [5.74, 6) is -2.02. The van der Waals surface area contributed by atoms with Crippen molar-refractivity contribution >= 4 is 17.9 Å². The molecule has 0 saturated heterocycles. The van der Waals surface area contributed by atoms with E-state index in [0.717, 1.165) is 51.4 Å². The Labute approximate surface area is 296 Å². The van der Waals surface area contributed by atoms with Crippen molar-refractivity contribution in [1.82, 2.24) is 0 Å². The van der Waals surface area contributed by atoms with Crippen molar-refractivity contribution in [2.24, 2.45) is 0 Å². The van der Waals surface area contributed by atoms with Crippen molar-refractivity contribution in [3.8, 4) is 0 Å². The van der Waals surface area contributed by atoms with Crippen LogP contribution in [0.5, 0.6) is 0 Å². The van der Waals surface area contributed by atoms with Gasteiger partial charge in [-0.25, -0.2) is 0 Å². The van der Waals surface area contributed by atoms with E-state index in [1.54, 1.807) is 27.2 Å². The van der Waals surface area contributed by atoms with E-state index in [1.807, 2.05) is 24.3 Å². The van der Waals surface area contributed by atoms with Crippen LogP contribution in [0.2, 0.25) is 0 Å². The molecule has 0 bridgehead atoms. The number of carbonyl (C=O) groups is 3. The molecule has 0 aromatic heterocycles. The Hall–Kier alpha value is -3.75. The summed E-state index contributed by atoms with van der Waals surface area (Å²) in [4.78, 5) is 36.4. The monoisotopic (exact) mass is 681 g/mol. The van der Waals surface area contributed by atoms with Crippen molar-refractivity contribution in [1.29, 1.82) is 0 Å². The topological polar surface area (TPSA) is 102 Å². The quantitative estimate of drug-likeness (QED) is 0.0350. The van der Waals surface area contributed by atoms with Crippen molar-refractivity contribution < 1.29 is 38.2 Å². The van der Waals surface area contributed by atoms with E-state index < -0.39 is 30.1 Å². The zero-order valence-corrected chi connectivity index (χ0v) is 30.8. The lowest BCUT2D eigenvalue weighted by molar-refractivity contribution is -0.889. The van der Waals surface area contributed by atoms with Crippen LogP contribution in [-0.4, -0.2) is 75.5 Å². The van der Waals surface area contributed by atoms with Gasteiger partial charge in [0.05, 0.1) is 46.7 Å². The van der Waals surface area contributed by atoms with Gasteiger partial charge in [0.2, 0.25) is 0 Å². The summed E-state index contributed by atoms with van der Waals surface area (Å²) in [7, 11) is 5.33. The van der Waals surface area contributed by atoms with Crippen molar-refractivity contribution in [2.75, 3.05) is 41.0 Å². The van der Waals surface area contributed by atoms with Gasteiger partial charge in [-0.15, -0.1) is 0 Å². The maximum Gasteiger partial charge on any atom is 0.309 e. The van der Waals surface area contributed by atoms with Gasteiger partial charge in [0, 0.05) is 12.8 Å². The third kappa shape index (κ3) is 30.1. The third-order valence-electron chi connectivity index (χ3n) is 7.01. The number of quaternary nitrogens is 1. The summed E-state index contributed by atoms with van der Waals surface area (Å²) >= 11 is 0. The number of carboxylic acid groups (broad SMARTS) is 1. The smallest absolute Gasteiger partial charge is 0.309 e. The number of hydrogen-bond donors (Lipinski definition) is 0. The van der Waals surface area contributed by atoms with Crippen molar-refractivity contribution in [2.45, 2.75) is 103 Å². The van der Waals surface area contributed by atoms with Gasteiger partial charge in [-0.2, -0.15) is 0 Å². The number of allylic oxidation sites excluding steroid dienone is 15. The van der Waals surface area contributed by atoms with Gasteiger partial charge in [-0.05, 0) is 57.8 Å². The molecule has 8 nitrogen and oxygen atoms in total. The molecule has 0 aromatic carbocycles. The molecule has 49 heavy (non-hydrogen) atoms. The molecule has 0 radical (unpaired) electrons. The molecule has 8 heteroatoms. The van der Waals surface area contributed by atoms with Crippen LogP contribution in [0.3, 0.4) is 0 Å². The molecule has 0 aliphatic heterocycles. The molecule has 2 unspecified atom stereocenters. The molecule has 0 spiro atoms. The largest absolute Gasteiger partial charge is 0.544 e. The summed E-state index contributed by atoms with van der Waals surface area (Å²) in [6, 6.07) is -0.753. The van der Waals surface area contributed by atoms with Crippen LogP contribution in [0.25, 0.3) is 0 Å². The lowest BCUT2D eigenvalue weighted by Gasteiger charge is -2.34. The average Bonchev–Trinajstić information content (AvgIpc) is 3.05. The molecule has 0 N–H and O–H groups in total. The fourth-order valence-electron chi connectivity index (χ4n) is 4.29. The number of ether oxygens (including phenoxy) is 3. The van der Waals surface area contributed by atoms with E-state index in [0.29, 0.717) is 6.42 Å². The molecule has 0 saturated carbocycles. The van der Waals surface area contributed by atoms with Crippen LogP contribution in [-0.2, 0) is 28.6 Å². The first-order valence-corrected chi connectivity index (χ1v) is 17.8. The predicted molar refractivity (Wildman–Crippen MR) is 198 cm³/mol. The Morgan fingerprint density at radius 1 is 0.612 bits per heavy atom. The summed E-state index contributed by atoms with van der Waals surface area (Å²) in [5, 5.41) is 11.5. The second-order valence-corrected chi connectivity index (χ2v) is 12.4. The molecule has 0 aliphatic carbocycles. The Morgan fingerprint density at radius 3 is 1.51 bits per heavy atom. The van der Waals surface area contributed by atoms with Crippen molar-refractivity contribution in [3.05, 3.63) is 97.2 Å². The van der Waals surface area contributed by atoms with Gasteiger partial charge in [0.25, 0.3) is 0 Å². The zero-order valence-electron chi connectivity index (χ0n) is 30.8. The van der Waals surface area contributed by atoms with Crippen LogP contribution in [0, 0.1) is 0 Å². The lowest BCUT2D eigenvalue weighted by Crippen LogP contribution is -2.55. The number of rotatable bonds is 29. The van der Waals surface area contributed by atoms with Gasteiger partial charge < -0.3 is 28.6 Å². The van der Waals surface area contributed by atoms with Gasteiger partial charge in [0.1, 0.15) is 12.6 Å². The Kier molecular flexibility index (Phi) is 29.1. The number of likely N-dealkylation sites (N-methyl/N-ethyl adjacent to an activating group) is 1. The number of carbonyl (C=O) groups excluding carboxylic acids is 3. The highest BCUT2D eigenvalue weighted by molar-refractivity contribution is 5.71. The highest BCUT2D eigenvalue weighted by atomic mass is 16.6. The van der Waals surface area contributed by atoms with E-state index in [-0.39, 0.29) is 43.6 Å². The van der Waals surface area contributed by atoms with Gasteiger partial charge >= 0.3 is 11.9 Å². The first-order chi connectivity index (χ1) is 23.6. The first-order valence-electron chi connectivity index (χ1n) is 17.8. The van der Waals surface area contributed by atoms with Crippen LogP contribution in [0.1, 0.15) is 90.9 Å². The van der Waals surface area contributed by atoms with Gasteiger partial charge in [-0.3, -0.25) is 9.59 Å². The highest BCUT2D eigenvalue weighted by Gasteiger charge is 2.25. The van der Waals surface area contributed by atoms with Crippen LogP contribution in [0.15, 0.2) is 97.2 Å². The fraction of sp³-hybridized carbons (Fsp3) is 0.537. The summed E-state index contributed by atoms with van der Waals surface area (Å²) < 4.78 is 16.8. The minimum Gasteiger partial charge on any atom is -0.544 e. The summed E-state index contributed by atoms with van der Waals surface area (Å²) in [6.45, 7) is 4.18. The Morgan fingerprint density at radius 2 is 1.06 bits per heavy atom. The maximum atomic E-state index is 12.6.